The van der Waals surface area contributed by atoms with E-state index in [0.29, 0.717) is 23.1 Å². The predicted octanol–water partition coefficient (Wildman–Crippen LogP) is 5.01. The highest BCUT2D eigenvalue weighted by molar-refractivity contribution is 7.71. The Bertz CT molecular complexity index is 937. The summed E-state index contributed by atoms with van der Waals surface area (Å²) in [6, 6.07) is 16.1. The quantitative estimate of drug-likeness (QED) is 0.493. The number of aromatic nitrogens is 3. The molecule has 5 nitrogen and oxygen atoms in total. The van der Waals surface area contributed by atoms with E-state index in [-0.39, 0.29) is 0 Å². The summed E-state index contributed by atoms with van der Waals surface area (Å²) in [4.78, 5) is 0. The second-order valence-electron chi connectivity index (χ2n) is 6.19. The fourth-order valence-electron chi connectivity index (χ4n) is 2.54. The van der Waals surface area contributed by atoms with Crippen LogP contribution in [0.1, 0.15) is 37.8 Å². The SMILES string of the molecule is CCOc1ccc(-c2n[nH]c(=S)n2/N=C/c2ccc(C(C)C)cc2)cc1. The fourth-order valence-corrected chi connectivity index (χ4v) is 2.72. The van der Waals surface area contributed by atoms with Crippen LogP contribution >= 0.6 is 12.2 Å². The molecule has 1 heterocycles. The van der Waals surface area contributed by atoms with Crippen LogP contribution in [0.15, 0.2) is 53.6 Å². The van der Waals surface area contributed by atoms with Gasteiger partial charge in [0.15, 0.2) is 5.82 Å². The molecule has 0 unspecified atom stereocenters. The van der Waals surface area contributed by atoms with Gasteiger partial charge in [-0.1, -0.05) is 38.1 Å². The molecule has 0 bridgehead atoms. The first-order valence-electron chi connectivity index (χ1n) is 8.63. The van der Waals surface area contributed by atoms with E-state index < -0.39 is 0 Å². The van der Waals surface area contributed by atoms with E-state index in [4.69, 9.17) is 17.0 Å². The van der Waals surface area contributed by atoms with Crippen LogP contribution in [-0.4, -0.2) is 27.7 Å². The lowest BCUT2D eigenvalue weighted by Gasteiger charge is -2.05. The van der Waals surface area contributed by atoms with E-state index in [2.05, 4.69) is 53.4 Å². The molecule has 3 rings (SSSR count). The van der Waals surface area contributed by atoms with Gasteiger partial charge in [-0.25, -0.2) is 5.10 Å². The number of benzene rings is 2. The number of nitrogens with zero attached hydrogens (tertiary/aromatic N) is 3. The van der Waals surface area contributed by atoms with Crippen LogP contribution in [0.4, 0.5) is 0 Å². The maximum atomic E-state index is 5.48. The fraction of sp³-hybridized carbons (Fsp3) is 0.250. The molecule has 0 amide bonds. The molecule has 0 saturated carbocycles. The van der Waals surface area contributed by atoms with Gasteiger partial charge >= 0.3 is 0 Å². The molecular formula is C20H22N4OS. The lowest BCUT2D eigenvalue weighted by atomic mass is 10.0. The number of rotatable bonds is 6. The maximum absolute atomic E-state index is 5.48. The summed E-state index contributed by atoms with van der Waals surface area (Å²) < 4.78 is 7.55. The largest absolute Gasteiger partial charge is 0.494 e. The maximum Gasteiger partial charge on any atom is 0.216 e. The van der Waals surface area contributed by atoms with Crippen molar-refractivity contribution < 1.29 is 4.74 Å². The molecule has 26 heavy (non-hydrogen) atoms. The third-order valence-electron chi connectivity index (χ3n) is 4.00. The second-order valence-corrected chi connectivity index (χ2v) is 6.57. The van der Waals surface area contributed by atoms with E-state index >= 15 is 0 Å². The average molecular weight is 366 g/mol. The minimum atomic E-state index is 0.448. The van der Waals surface area contributed by atoms with Gasteiger partial charge in [0.1, 0.15) is 5.75 Å². The lowest BCUT2D eigenvalue weighted by Crippen LogP contribution is -1.96. The van der Waals surface area contributed by atoms with Crippen molar-refractivity contribution in [1.29, 1.82) is 0 Å². The van der Waals surface area contributed by atoms with E-state index in [1.807, 2.05) is 31.2 Å². The number of aromatic amines is 1. The van der Waals surface area contributed by atoms with Gasteiger partial charge in [-0.05, 0) is 60.5 Å². The standard InChI is InChI=1S/C20H22N4OS/c1-4-25-18-11-9-17(10-12-18)19-22-23-20(26)24(19)21-13-15-5-7-16(8-6-15)14(2)3/h5-14H,4H2,1-3H3,(H,23,26)/b21-13+. The summed E-state index contributed by atoms with van der Waals surface area (Å²) >= 11 is 5.32. The third-order valence-corrected chi connectivity index (χ3v) is 4.26. The summed E-state index contributed by atoms with van der Waals surface area (Å²) in [5.41, 5.74) is 3.22. The molecular weight excluding hydrogens is 344 g/mol. The molecule has 3 aromatic rings. The molecule has 0 aliphatic carbocycles. The highest BCUT2D eigenvalue weighted by Gasteiger charge is 2.08. The molecule has 0 radical (unpaired) electrons. The molecule has 6 heteroatoms. The summed E-state index contributed by atoms with van der Waals surface area (Å²) in [6.07, 6.45) is 1.79. The Balaban J connectivity index is 1.86. The van der Waals surface area contributed by atoms with Crippen molar-refractivity contribution in [2.45, 2.75) is 26.7 Å². The zero-order valence-corrected chi connectivity index (χ0v) is 16.0. The normalized spacial score (nSPS) is 11.4. The van der Waals surface area contributed by atoms with Crippen molar-refractivity contribution >= 4 is 18.4 Å². The van der Waals surface area contributed by atoms with Crippen LogP contribution in [0.25, 0.3) is 11.4 Å². The molecule has 0 fully saturated rings. The Kier molecular flexibility index (Phi) is 5.63. The van der Waals surface area contributed by atoms with Gasteiger partial charge in [-0.15, -0.1) is 0 Å². The zero-order valence-electron chi connectivity index (χ0n) is 15.1. The first-order chi connectivity index (χ1) is 12.6. The molecule has 0 spiro atoms. The zero-order chi connectivity index (χ0) is 18.5. The molecule has 1 aromatic heterocycles. The smallest absolute Gasteiger partial charge is 0.216 e. The van der Waals surface area contributed by atoms with Crippen molar-refractivity contribution in [2.24, 2.45) is 5.10 Å². The molecule has 0 aliphatic heterocycles. The van der Waals surface area contributed by atoms with Gasteiger partial charge in [0.05, 0.1) is 12.8 Å². The Morgan fingerprint density at radius 3 is 2.46 bits per heavy atom. The number of hydrogen-bond acceptors (Lipinski definition) is 4. The molecule has 0 saturated heterocycles. The minimum Gasteiger partial charge on any atom is -0.494 e. The van der Waals surface area contributed by atoms with Crippen molar-refractivity contribution in [3.05, 3.63) is 64.4 Å². The average Bonchev–Trinajstić information content (AvgIpc) is 3.02. The third kappa shape index (κ3) is 4.08. The van der Waals surface area contributed by atoms with Gasteiger partial charge in [0.2, 0.25) is 4.77 Å². The number of H-pyrrole nitrogens is 1. The Morgan fingerprint density at radius 2 is 1.85 bits per heavy atom. The van der Waals surface area contributed by atoms with Crippen molar-refractivity contribution in [1.82, 2.24) is 14.9 Å². The van der Waals surface area contributed by atoms with Gasteiger partial charge in [-0.3, -0.25) is 0 Å². The van der Waals surface area contributed by atoms with Crippen LogP contribution in [0, 0.1) is 4.77 Å². The molecule has 134 valence electrons. The van der Waals surface area contributed by atoms with E-state index in [9.17, 15) is 0 Å². The predicted molar refractivity (Wildman–Crippen MR) is 108 cm³/mol. The number of nitrogens with one attached hydrogen (secondary N) is 1. The first kappa shape index (κ1) is 18.1. The van der Waals surface area contributed by atoms with Crippen molar-refractivity contribution in [3.63, 3.8) is 0 Å². The molecule has 1 N–H and O–H groups in total. The molecule has 0 aliphatic rings. The van der Waals surface area contributed by atoms with Gasteiger partial charge < -0.3 is 4.74 Å². The molecule has 2 aromatic carbocycles. The monoisotopic (exact) mass is 366 g/mol. The Labute approximate surface area is 158 Å². The van der Waals surface area contributed by atoms with Gasteiger partial charge in [0.25, 0.3) is 0 Å². The van der Waals surface area contributed by atoms with Crippen LogP contribution in [0.3, 0.4) is 0 Å². The van der Waals surface area contributed by atoms with E-state index in [0.717, 1.165) is 16.9 Å². The first-order valence-corrected chi connectivity index (χ1v) is 9.04. The second kappa shape index (κ2) is 8.10. The highest BCUT2D eigenvalue weighted by atomic mass is 32.1. The number of ether oxygens (including phenoxy) is 1. The highest BCUT2D eigenvalue weighted by Crippen LogP contribution is 2.21. The lowest BCUT2D eigenvalue weighted by molar-refractivity contribution is 0.340. The topological polar surface area (TPSA) is 55.2 Å². The Morgan fingerprint density at radius 1 is 1.15 bits per heavy atom. The van der Waals surface area contributed by atoms with Crippen molar-refractivity contribution in [3.8, 4) is 17.1 Å². The van der Waals surface area contributed by atoms with E-state index in [1.54, 1.807) is 10.9 Å². The Hall–Kier alpha value is -2.73. The summed E-state index contributed by atoms with van der Waals surface area (Å²) in [7, 11) is 0. The van der Waals surface area contributed by atoms with Gasteiger partial charge in [-0.2, -0.15) is 14.9 Å². The van der Waals surface area contributed by atoms with Crippen LogP contribution in [0.5, 0.6) is 5.75 Å². The number of hydrogen-bond donors (Lipinski definition) is 1. The molecule has 0 atom stereocenters. The minimum absolute atomic E-state index is 0.448. The summed E-state index contributed by atoms with van der Waals surface area (Å²) in [5.74, 6) is 1.99. The van der Waals surface area contributed by atoms with Crippen molar-refractivity contribution in [2.75, 3.05) is 6.61 Å². The van der Waals surface area contributed by atoms with Crippen LogP contribution in [-0.2, 0) is 0 Å². The summed E-state index contributed by atoms with van der Waals surface area (Å²) in [5, 5.41) is 11.6. The summed E-state index contributed by atoms with van der Waals surface area (Å²) in [6.45, 7) is 6.95. The van der Waals surface area contributed by atoms with Crippen LogP contribution < -0.4 is 4.74 Å². The van der Waals surface area contributed by atoms with Crippen LogP contribution in [0.2, 0.25) is 0 Å². The van der Waals surface area contributed by atoms with E-state index in [1.165, 1.54) is 5.56 Å². The van der Waals surface area contributed by atoms with Gasteiger partial charge in [0, 0.05) is 5.56 Å².